The van der Waals surface area contributed by atoms with Crippen molar-refractivity contribution in [2.75, 3.05) is 13.1 Å². The first kappa shape index (κ1) is 14.8. The fraction of sp³-hybridized carbons (Fsp3) is 0.429. The number of piperidine rings is 1. The number of hydrogen-bond acceptors (Lipinski definition) is 2. The van der Waals surface area contributed by atoms with E-state index in [-0.39, 0.29) is 5.60 Å². The summed E-state index contributed by atoms with van der Waals surface area (Å²) < 4.78 is 6.58. The van der Waals surface area contributed by atoms with Crippen LogP contribution in [-0.2, 0) is 4.74 Å². The van der Waals surface area contributed by atoms with Gasteiger partial charge in [-0.25, -0.2) is 0 Å². The largest absolute Gasteiger partial charge is 0.487 e. The van der Waals surface area contributed by atoms with E-state index >= 15 is 0 Å². The van der Waals surface area contributed by atoms with Gasteiger partial charge in [0.2, 0.25) is 0 Å². The van der Waals surface area contributed by atoms with Gasteiger partial charge in [-0.2, -0.15) is 0 Å². The predicted molar refractivity (Wildman–Crippen MR) is 95.0 cm³/mol. The minimum Gasteiger partial charge on any atom is -0.487 e. The molecule has 23 heavy (non-hydrogen) atoms. The molecule has 0 aromatic heterocycles. The molecule has 0 amide bonds. The normalized spacial score (nSPS) is 23.0. The Bertz CT molecular complexity index is 675. The zero-order valence-electron chi connectivity index (χ0n) is 13.9. The molecular weight excluding hydrogens is 282 g/mol. The summed E-state index contributed by atoms with van der Waals surface area (Å²) >= 11 is 0. The molecular formula is C21H25NO. The number of rotatable bonds is 2. The smallest absolute Gasteiger partial charge is 0.130 e. The third kappa shape index (κ3) is 2.76. The molecule has 1 aromatic rings. The molecule has 1 saturated heterocycles. The molecule has 0 atom stereocenters. The van der Waals surface area contributed by atoms with E-state index in [4.69, 9.17) is 4.74 Å². The highest BCUT2D eigenvalue weighted by Crippen LogP contribution is 2.44. The average molecular weight is 307 g/mol. The van der Waals surface area contributed by atoms with Crippen LogP contribution in [0.15, 0.2) is 59.4 Å². The van der Waals surface area contributed by atoms with E-state index in [9.17, 15) is 0 Å². The maximum absolute atomic E-state index is 6.58. The zero-order chi connectivity index (χ0) is 15.7. The lowest BCUT2D eigenvalue weighted by Gasteiger charge is -2.42. The second kappa shape index (κ2) is 6.01. The van der Waals surface area contributed by atoms with E-state index in [1.54, 1.807) is 0 Å². The highest BCUT2D eigenvalue weighted by Gasteiger charge is 2.38. The summed E-state index contributed by atoms with van der Waals surface area (Å²) in [6.07, 6.45) is 10.2. The van der Waals surface area contributed by atoms with Crippen LogP contribution in [0.1, 0.15) is 44.6 Å². The van der Waals surface area contributed by atoms with Crippen LogP contribution in [0, 0.1) is 0 Å². The van der Waals surface area contributed by atoms with Crippen LogP contribution >= 0.6 is 0 Å². The first-order valence-electron chi connectivity index (χ1n) is 8.91. The Hall–Kier alpha value is -1.80. The third-order valence-corrected chi connectivity index (χ3v) is 5.33. The summed E-state index contributed by atoms with van der Waals surface area (Å²) in [5.74, 6) is 1.21. The second-order valence-corrected chi connectivity index (χ2v) is 6.83. The summed E-state index contributed by atoms with van der Waals surface area (Å²) in [5, 5.41) is 3.46. The highest BCUT2D eigenvalue weighted by molar-refractivity contribution is 5.84. The Labute approximate surface area is 138 Å². The monoisotopic (exact) mass is 307 g/mol. The maximum Gasteiger partial charge on any atom is 0.130 e. The Morgan fingerprint density at radius 2 is 1.87 bits per heavy atom. The van der Waals surface area contributed by atoms with Crippen molar-refractivity contribution >= 4 is 5.57 Å². The van der Waals surface area contributed by atoms with Gasteiger partial charge in [0.15, 0.2) is 0 Å². The summed E-state index contributed by atoms with van der Waals surface area (Å²) in [5.41, 5.74) is 5.44. The molecule has 0 unspecified atom stereocenters. The van der Waals surface area contributed by atoms with Crippen molar-refractivity contribution in [3.05, 3.63) is 65.0 Å². The van der Waals surface area contributed by atoms with Gasteiger partial charge in [-0.3, -0.25) is 0 Å². The number of benzene rings is 1. The minimum atomic E-state index is -0.104. The van der Waals surface area contributed by atoms with Crippen molar-refractivity contribution in [1.29, 1.82) is 0 Å². The number of hydrogen-bond donors (Lipinski definition) is 1. The van der Waals surface area contributed by atoms with E-state index in [0.29, 0.717) is 0 Å². The van der Waals surface area contributed by atoms with Crippen LogP contribution < -0.4 is 5.32 Å². The lowest BCUT2D eigenvalue weighted by molar-refractivity contribution is 0.0105. The van der Waals surface area contributed by atoms with Crippen LogP contribution in [0.2, 0.25) is 0 Å². The Morgan fingerprint density at radius 3 is 2.61 bits per heavy atom. The van der Waals surface area contributed by atoms with Gasteiger partial charge in [0.25, 0.3) is 0 Å². The lowest BCUT2D eigenvalue weighted by atomic mass is 9.80. The second-order valence-electron chi connectivity index (χ2n) is 6.83. The van der Waals surface area contributed by atoms with Crippen LogP contribution in [0.5, 0.6) is 0 Å². The van der Waals surface area contributed by atoms with Crippen molar-refractivity contribution in [1.82, 2.24) is 5.32 Å². The van der Waals surface area contributed by atoms with Crippen LogP contribution in [-0.4, -0.2) is 18.7 Å². The molecule has 3 aliphatic rings. The van der Waals surface area contributed by atoms with Gasteiger partial charge in [-0.1, -0.05) is 48.9 Å². The van der Waals surface area contributed by atoms with Gasteiger partial charge in [-0.15, -0.1) is 0 Å². The SMILES string of the molecule is CCC1=CC2=C(CC1)OC1(C=C2c2ccccc2)CCNCC1. The highest BCUT2D eigenvalue weighted by atomic mass is 16.5. The number of ether oxygens (including phenoxy) is 1. The molecule has 1 aromatic carbocycles. The van der Waals surface area contributed by atoms with Crippen molar-refractivity contribution in [3.63, 3.8) is 0 Å². The molecule has 2 heterocycles. The van der Waals surface area contributed by atoms with Crippen LogP contribution in [0.4, 0.5) is 0 Å². The molecule has 4 rings (SSSR count). The van der Waals surface area contributed by atoms with Crippen molar-refractivity contribution in [2.45, 2.75) is 44.6 Å². The number of nitrogens with one attached hydrogen (secondary N) is 1. The quantitative estimate of drug-likeness (QED) is 0.861. The first-order valence-corrected chi connectivity index (χ1v) is 8.91. The predicted octanol–water partition coefficient (Wildman–Crippen LogP) is 4.61. The van der Waals surface area contributed by atoms with E-state index in [2.05, 4.69) is 54.7 Å². The van der Waals surface area contributed by atoms with Crippen molar-refractivity contribution < 1.29 is 4.74 Å². The minimum absolute atomic E-state index is 0.104. The van der Waals surface area contributed by atoms with Gasteiger partial charge < -0.3 is 10.1 Å². The molecule has 2 heteroatoms. The topological polar surface area (TPSA) is 21.3 Å². The molecule has 1 spiro atoms. The fourth-order valence-electron chi connectivity index (χ4n) is 3.95. The Kier molecular flexibility index (Phi) is 3.86. The molecule has 0 radical (unpaired) electrons. The van der Waals surface area contributed by atoms with Crippen molar-refractivity contribution in [2.24, 2.45) is 0 Å². The Balaban J connectivity index is 1.81. The summed E-state index contributed by atoms with van der Waals surface area (Å²) in [6.45, 7) is 4.33. The Morgan fingerprint density at radius 1 is 1.09 bits per heavy atom. The third-order valence-electron chi connectivity index (χ3n) is 5.33. The van der Waals surface area contributed by atoms with Gasteiger partial charge in [-0.05, 0) is 43.1 Å². The molecule has 1 fully saturated rings. The molecule has 2 nitrogen and oxygen atoms in total. The van der Waals surface area contributed by atoms with E-state index < -0.39 is 0 Å². The number of allylic oxidation sites excluding steroid dienone is 5. The molecule has 1 N–H and O–H groups in total. The zero-order valence-corrected chi connectivity index (χ0v) is 13.9. The van der Waals surface area contributed by atoms with Crippen LogP contribution in [0.25, 0.3) is 5.57 Å². The first-order chi connectivity index (χ1) is 11.3. The molecule has 0 bridgehead atoms. The molecule has 2 aliphatic heterocycles. The van der Waals surface area contributed by atoms with Gasteiger partial charge >= 0.3 is 0 Å². The summed E-state index contributed by atoms with van der Waals surface area (Å²) in [4.78, 5) is 0. The lowest BCUT2D eigenvalue weighted by Crippen LogP contribution is -2.44. The fourth-order valence-corrected chi connectivity index (χ4v) is 3.95. The standard InChI is InChI=1S/C21H25NO/c1-2-16-8-9-20-18(14-16)19(17-6-4-3-5-7-17)15-21(23-20)10-12-22-13-11-21/h3-7,14-15,22H,2,8-13H2,1H3. The van der Waals surface area contributed by atoms with E-state index in [1.165, 1.54) is 28.0 Å². The molecule has 1 aliphatic carbocycles. The van der Waals surface area contributed by atoms with Crippen molar-refractivity contribution in [3.8, 4) is 0 Å². The van der Waals surface area contributed by atoms with E-state index in [1.807, 2.05) is 0 Å². The summed E-state index contributed by atoms with van der Waals surface area (Å²) in [7, 11) is 0. The summed E-state index contributed by atoms with van der Waals surface area (Å²) in [6, 6.07) is 10.8. The van der Waals surface area contributed by atoms with Crippen LogP contribution in [0.3, 0.4) is 0 Å². The van der Waals surface area contributed by atoms with Gasteiger partial charge in [0.1, 0.15) is 11.4 Å². The van der Waals surface area contributed by atoms with Gasteiger partial charge in [0, 0.05) is 24.8 Å². The maximum atomic E-state index is 6.58. The molecule has 0 saturated carbocycles. The van der Waals surface area contributed by atoms with E-state index in [0.717, 1.165) is 45.2 Å². The van der Waals surface area contributed by atoms with Gasteiger partial charge in [0.05, 0.1) is 0 Å². The molecule has 120 valence electrons. The average Bonchev–Trinajstić information content (AvgIpc) is 2.62.